The summed E-state index contributed by atoms with van der Waals surface area (Å²) >= 11 is 5.90. The monoisotopic (exact) mass is 418 g/mol. The van der Waals surface area contributed by atoms with Crippen molar-refractivity contribution in [3.63, 3.8) is 0 Å². The minimum absolute atomic E-state index is 0.213. The summed E-state index contributed by atoms with van der Waals surface area (Å²) in [5, 5.41) is 0.538. The van der Waals surface area contributed by atoms with Gasteiger partial charge >= 0.3 is 5.97 Å². The first-order valence-electron chi connectivity index (χ1n) is 9.59. The number of Topliss-reactive ketones (excluding diaryl/α,β-unsaturated/α-hetero) is 1. The Morgan fingerprint density at radius 1 is 1.14 bits per heavy atom. The number of ether oxygens (including phenoxy) is 1. The molecular weight excluding hydrogens is 392 g/mol. The van der Waals surface area contributed by atoms with E-state index in [0.717, 1.165) is 0 Å². The lowest BCUT2D eigenvalue weighted by atomic mass is 9.99. The molecule has 1 heterocycles. The third kappa shape index (κ3) is 4.37. The van der Waals surface area contributed by atoms with Crippen LogP contribution < -0.4 is 0 Å². The molecule has 0 saturated heterocycles. The second kappa shape index (κ2) is 9.27. The second-order valence-corrected chi connectivity index (χ2v) is 7.29. The highest BCUT2D eigenvalue weighted by Gasteiger charge is 2.32. The first kappa shape index (κ1) is 22.7. The molecule has 1 unspecified atom stereocenters. The summed E-state index contributed by atoms with van der Waals surface area (Å²) in [4.78, 5) is 40.1. The van der Waals surface area contributed by atoms with Gasteiger partial charge in [0.15, 0.2) is 5.78 Å². The molecule has 0 bridgehead atoms. The molecule has 0 radical (unpaired) electrons. The fourth-order valence-corrected chi connectivity index (χ4v) is 3.66. The van der Waals surface area contributed by atoms with Gasteiger partial charge in [-0.25, -0.2) is 4.79 Å². The van der Waals surface area contributed by atoms with E-state index in [0.29, 0.717) is 39.6 Å². The number of carbonyl (C=O) groups is 3. The van der Waals surface area contributed by atoms with Crippen LogP contribution in [-0.4, -0.2) is 46.3 Å². The Balaban J connectivity index is 2.40. The van der Waals surface area contributed by atoms with Crippen LogP contribution in [0.4, 0.5) is 0 Å². The molecule has 0 N–H and O–H groups in total. The average Bonchev–Trinajstić information content (AvgIpc) is 2.91. The van der Waals surface area contributed by atoms with Crippen LogP contribution in [0.25, 0.3) is 0 Å². The molecule has 0 saturated carbocycles. The number of halogens is 1. The highest BCUT2D eigenvalue weighted by Crippen LogP contribution is 2.25. The van der Waals surface area contributed by atoms with Gasteiger partial charge < -0.3 is 14.2 Å². The van der Waals surface area contributed by atoms with Gasteiger partial charge in [0.1, 0.15) is 5.69 Å². The van der Waals surface area contributed by atoms with E-state index in [1.165, 1.54) is 4.90 Å². The molecule has 0 aliphatic rings. The van der Waals surface area contributed by atoms with Gasteiger partial charge in [-0.2, -0.15) is 0 Å². The van der Waals surface area contributed by atoms with Crippen molar-refractivity contribution in [2.45, 2.75) is 40.7 Å². The van der Waals surface area contributed by atoms with Crippen molar-refractivity contribution in [3.8, 4) is 0 Å². The smallest absolute Gasteiger partial charge is 0.355 e. The number of rotatable bonds is 7. The molecule has 7 heteroatoms. The summed E-state index contributed by atoms with van der Waals surface area (Å²) in [5.74, 6) is -0.927. The van der Waals surface area contributed by atoms with E-state index in [4.69, 9.17) is 16.3 Å². The molecule has 0 spiro atoms. The largest absolute Gasteiger partial charge is 0.461 e. The van der Waals surface area contributed by atoms with E-state index in [-0.39, 0.29) is 18.3 Å². The lowest BCUT2D eigenvalue weighted by molar-refractivity contribution is 0.0513. The van der Waals surface area contributed by atoms with Gasteiger partial charge in [0.2, 0.25) is 0 Å². The first-order valence-corrected chi connectivity index (χ1v) is 9.97. The molecule has 2 rings (SSSR count). The van der Waals surface area contributed by atoms with Crippen molar-refractivity contribution in [2.24, 2.45) is 7.05 Å². The summed E-state index contributed by atoms with van der Waals surface area (Å²) in [6, 6.07) is 5.88. The average molecular weight is 419 g/mol. The molecule has 1 aromatic carbocycles. The second-order valence-electron chi connectivity index (χ2n) is 6.85. The van der Waals surface area contributed by atoms with E-state index in [1.807, 2.05) is 6.92 Å². The van der Waals surface area contributed by atoms with Crippen LogP contribution in [0.1, 0.15) is 63.2 Å². The summed E-state index contributed by atoms with van der Waals surface area (Å²) in [6.45, 7) is 9.40. The number of amides is 1. The summed E-state index contributed by atoms with van der Waals surface area (Å²) in [6.07, 6.45) is 0. The highest BCUT2D eigenvalue weighted by molar-refractivity contribution is 6.30. The molecule has 6 nitrogen and oxygen atoms in total. The summed E-state index contributed by atoms with van der Waals surface area (Å²) in [7, 11) is 1.73. The maximum atomic E-state index is 13.3. The number of hydrogen-bond acceptors (Lipinski definition) is 4. The Hall–Kier alpha value is -2.60. The number of hydrogen-bond donors (Lipinski definition) is 0. The van der Waals surface area contributed by atoms with Crippen LogP contribution in [0.3, 0.4) is 0 Å². The molecule has 29 heavy (non-hydrogen) atoms. The van der Waals surface area contributed by atoms with Gasteiger partial charge in [0.25, 0.3) is 5.91 Å². The molecule has 0 aliphatic heterocycles. The molecule has 1 aromatic heterocycles. The standard InChI is InChI=1S/C22H27ClN2O4/c1-7-25(21(27)16-9-11-17(23)12-10-16)15(5)20(26)18-13(3)19(22(28)29-8-2)24(6)14(18)4/h9-12,15H,7-8H2,1-6H3. The van der Waals surface area contributed by atoms with Crippen LogP contribution in [0.2, 0.25) is 5.02 Å². The van der Waals surface area contributed by atoms with Crippen molar-refractivity contribution < 1.29 is 19.1 Å². The maximum Gasteiger partial charge on any atom is 0.355 e. The van der Waals surface area contributed by atoms with Crippen molar-refractivity contribution >= 4 is 29.3 Å². The van der Waals surface area contributed by atoms with E-state index < -0.39 is 12.0 Å². The summed E-state index contributed by atoms with van der Waals surface area (Å²) in [5.41, 5.74) is 2.50. The Kier molecular flexibility index (Phi) is 7.25. The van der Waals surface area contributed by atoms with Crippen molar-refractivity contribution in [2.75, 3.05) is 13.2 Å². The topological polar surface area (TPSA) is 68.6 Å². The van der Waals surface area contributed by atoms with Gasteiger partial charge in [-0.1, -0.05) is 11.6 Å². The van der Waals surface area contributed by atoms with Gasteiger partial charge in [-0.05, 0) is 64.4 Å². The number of carbonyl (C=O) groups excluding carboxylic acids is 3. The molecule has 156 valence electrons. The molecule has 1 amide bonds. The SMILES string of the molecule is CCOC(=O)c1c(C)c(C(=O)C(C)N(CC)C(=O)c2ccc(Cl)cc2)c(C)n1C. The van der Waals surface area contributed by atoms with E-state index >= 15 is 0 Å². The van der Waals surface area contributed by atoms with E-state index in [9.17, 15) is 14.4 Å². The molecule has 1 atom stereocenters. The number of ketones is 1. The van der Waals surface area contributed by atoms with Gasteiger partial charge in [0.05, 0.1) is 12.6 Å². The molecule has 0 fully saturated rings. The number of likely N-dealkylation sites (N-methyl/N-ethyl adjacent to an activating group) is 1. The molecule has 0 aliphatic carbocycles. The number of esters is 1. The zero-order valence-corrected chi connectivity index (χ0v) is 18.5. The fourth-order valence-electron chi connectivity index (χ4n) is 3.53. The highest BCUT2D eigenvalue weighted by atomic mass is 35.5. The van der Waals surface area contributed by atoms with Crippen LogP contribution in [-0.2, 0) is 11.8 Å². The van der Waals surface area contributed by atoms with Crippen molar-refractivity contribution in [3.05, 3.63) is 57.4 Å². The van der Waals surface area contributed by atoms with Gasteiger partial charge in [0, 0.05) is 35.4 Å². The fraction of sp³-hybridized carbons (Fsp3) is 0.409. The molecule has 2 aromatic rings. The van der Waals surface area contributed by atoms with E-state index in [1.54, 1.807) is 63.6 Å². The summed E-state index contributed by atoms with van der Waals surface area (Å²) < 4.78 is 6.80. The predicted octanol–water partition coefficient (Wildman–Crippen LogP) is 4.21. The normalized spacial score (nSPS) is 11.8. The van der Waals surface area contributed by atoms with Gasteiger partial charge in [-0.15, -0.1) is 0 Å². The van der Waals surface area contributed by atoms with E-state index in [2.05, 4.69) is 0 Å². The van der Waals surface area contributed by atoms with Crippen LogP contribution in [0.15, 0.2) is 24.3 Å². The minimum Gasteiger partial charge on any atom is -0.461 e. The van der Waals surface area contributed by atoms with Gasteiger partial charge in [-0.3, -0.25) is 9.59 Å². The number of nitrogens with zero attached hydrogens (tertiary/aromatic N) is 2. The maximum absolute atomic E-state index is 13.3. The van der Waals surface area contributed by atoms with Crippen molar-refractivity contribution in [1.82, 2.24) is 9.47 Å². The lowest BCUT2D eigenvalue weighted by Crippen LogP contribution is -2.43. The quantitative estimate of drug-likeness (QED) is 0.499. The first-order chi connectivity index (χ1) is 13.6. The Morgan fingerprint density at radius 3 is 2.24 bits per heavy atom. The number of aromatic nitrogens is 1. The van der Waals surface area contributed by atoms with Crippen LogP contribution >= 0.6 is 11.6 Å². The minimum atomic E-state index is -0.696. The third-order valence-electron chi connectivity index (χ3n) is 5.19. The Labute approximate surface area is 176 Å². The predicted molar refractivity (Wildman–Crippen MR) is 113 cm³/mol. The Bertz CT molecular complexity index is 931. The zero-order valence-electron chi connectivity index (χ0n) is 17.7. The van der Waals surface area contributed by atoms with Crippen LogP contribution in [0.5, 0.6) is 0 Å². The Morgan fingerprint density at radius 2 is 1.72 bits per heavy atom. The van der Waals surface area contributed by atoms with Crippen molar-refractivity contribution in [1.29, 1.82) is 0 Å². The zero-order chi connectivity index (χ0) is 21.9. The molecular formula is C22H27ClN2O4. The lowest BCUT2D eigenvalue weighted by Gasteiger charge is -2.27. The van der Waals surface area contributed by atoms with Crippen LogP contribution in [0, 0.1) is 13.8 Å². The number of benzene rings is 1. The third-order valence-corrected chi connectivity index (χ3v) is 5.44.